The van der Waals surface area contributed by atoms with Crippen molar-refractivity contribution in [1.82, 2.24) is 9.80 Å². The number of hydrogen-bond donors (Lipinski definition) is 0. The molecule has 1 aromatic carbocycles. The monoisotopic (exact) mass is 363 g/mol. The first-order valence-corrected chi connectivity index (χ1v) is 8.26. The molecule has 0 atom stereocenters. The molecular formula is C18H25N3O5. The first-order valence-electron chi connectivity index (χ1n) is 8.26. The second kappa shape index (κ2) is 11.0. The number of nitro groups is 1. The predicted molar refractivity (Wildman–Crippen MR) is 98.5 cm³/mol. The third-order valence-corrected chi connectivity index (χ3v) is 3.68. The van der Waals surface area contributed by atoms with Gasteiger partial charge in [0.15, 0.2) is 0 Å². The van der Waals surface area contributed by atoms with E-state index in [-0.39, 0.29) is 30.5 Å². The zero-order chi connectivity index (χ0) is 19.5. The van der Waals surface area contributed by atoms with Crippen LogP contribution in [0.1, 0.15) is 18.4 Å². The number of ether oxygens (including phenoxy) is 1. The molecule has 0 unspecified atom stereocenters. The molecule has 0 radical (unpaired) electrons. The fourth-order valence-corrected chi connectivity index (χ4v) is 2.22. The number of non-ortho nitro benzene ring substituents is 1. The molecule has 8 nitrogen and oxygen atoms in total. The highest BCUT2D eigenvalue weighted by Crippen LogP contribution is 2.13. The molecule has 1 rings (SSSR count). The predicted octanol–water partition coefficient (Wildman–Crippen LogP) is 1.95. The van der Waals surface area contributed by atoms with Crippen molar-refractivity contribution in [3.8, 4) is 0 Å². The fourth-order valence-electron chi connectivity index (χ4n) is 2.22. The number of nitrogens with zero attached hydrogens (tertiary/aromatic N) is 3. The molecule has 0 fully saturated rings. The SMILES string of the molecule is COC(=O)CCN(CCCN(C)C)C(=O)/C=C/c1ccc([N+](=O)[O-])cc1. The first-order chi connectivity index (χ1) is 12.3. The van der Waals surface area contributed by atoms with E-state index in [1.165, 1.54) is 25.3 Å². The van der Waals surface area contributed by atoms with Crippen LogP contribution < -0.4 is 0 Å². The number of hydrogen-bond acceptors (Lipinski definition) is 6. The lowest BCUT2D eigenvalue weighted by Gasteiger charge is -2.21. The average molecular weight is 363 g/mol. The number of carbonyl (C=O) groups excluding carboxylic acids is 2. The van der Waals surface area contributed by atoms with E-state index >= 15 is 0 Å². The van der Waals surface area contributed by atoms with Crippen molar-refractivity contribution in [2.75, 3.05) is 40.8 Å². The van der Waals surface area contributed by atoms with Crippen LogP contribution in [-0.2, 0) is 14.3 Å². The average Bonchev–Trinajstić information content (AvgIpc) is 2.62. The van der Waals surface area contributed by atoms with E-state index in [4.69, 9.17) is 0 Å². The van der Waals surface area contributed by atoms with Gasteiger partial charge in [0, 0.05) is 31.3 Å². The smallest absolute Gasteiger partial charge is 0.307 e. The standard InChI is InChI=1S/C18H25N3O5/c1-19(2)12-4-13-20(14-11-18(23)26-3)17(22)10-7-15-5-8-16(9-6-15)21(24)25/h5-10H,4,11-14H2,1-3H3/b10-7+. The van der Waals surface area contributed by atoms with Crippen molar-refractivity contribution in [3.05, 3.63) is 46.0 Å². The van der Waals surface area contributed by atoms with Crippen molar-refractivity contribution in [2.45, 2.75) is 12.8 Å². The lowest BCUT2D eigenvalue weighted by molar-refractivity contribution is -0.384. The van der Waals surface area contributed by atoms with Crippen LogP contribution >= 0.6 is 0 Å². The number of amides is 1. The Morgan fingerprint density at radius 3 is 2.35 bits per heavy atom. The zero-order valence-electron chi connectivity index (χ0n) is 15.4. The molecule has 0 bridgehead atoms. The molecule has 0 aromatic heterocycles. The third-order valence-electron chi connectivity index (χ3n) is 3.68. The molecule has 0 saturated heterocycles. The zero-order valence-corrected chi connectivity index (χ0v) is 15.4. The Morgan fingerprint density at radius 2 is 1.81 bits per heavy atom. The van der Waals surface area contributed by atoms with Gasteiger partial charge in [0.25, 0.3) is 5.69 Å². The molecule has 0 spiro atoms. The maximum Gasteiger partial charge on any atom is 0.307 e. The van der Waals surface area contributed by atoms with Gasteiger partial charge in [-0.25, -0.2) is 0 Å². The quantitative estimate of drug-likeness (QED) is 0.273. The minimum absolute atomic E-state index is 0.00290. The Hall–Kier alpha value is -2.74. The van der Waals surface area contributed by atoms with E-state index in [0.717, 1.165) is 13.0 Å². The molecule has 26 heavy (non-hydrogen) atoms. The van der Waals surface area contributed by atoms with E-state index in [0.29, 0.717) is 12.1 Å². The van der Waals surface area contributed by atoms with Crippen LogP contribution in [0, 0.1) is 10.1 Å². The molecular weight excluding hydrogens is 338 g/mol. The van der Waals surface area contributed by atoms with Crippen molar-refractivity contribution in [1.29, 1.82) is 0 Å². The highest BCUT2D eigenvalue weighted by molar-refractivity contribution is 5.92. The van der Waals surface area contributed by atoms with Gasteiger partial charge in [-0.2, -0.15) is 0 Å². The van der Waals surface area contributed by atoms with Crippen LogP contribution in [0.3, 0.4) is 0 Å². The summed E-state index contributed by atoms with van der Waals surface area (Å²) in [5, 5.41) is 10.7. The van der Waals surface area contributed by atoms with E-state index in [1.807, 2.05) is 19.0 Å². The van der Waals surface area contributed by atoms with Gasteiger partial charge < -0.3 is 14.5 Å². The summed E-state index contributed by atoms with van der Waals surface area (Å²) in [5.41, 5.74) is 0.682. The van der Waals surface area contributed by atoms with Gasteiger partial charge in [0.1, 0.15) is 0 Å². The highest BCUT2D eigenvalue weighted by atomic mass is 16.6. The van der Waals surface area contributed by atoms with Crippen molar-refractivity contribution < 1.29 is 19.2 Å². The lowest BCUT2D eigenvalue weighted by atomic mass is 10.2. The van der Waals surface area contributed by atoms with Crippen molar-refractivity contribution >= 4 is 23.6 Å². The molecule has 0 aliphatic carbocycles. The molecule has 0 heterocycles. The summed E-state index contributed by atoms with van der Waals surface area (Å²) in [6.07, 6.45) is 3.93. The number of esters is 1. The van der Waals surface area contributed by atoms with Crippen LogP contribution in [-0.4, -0.2) is 67.4 Å². The lowest BCUT2D eigenvalue weighted by Crippen LogP contribution is -2.34. The second-order valence-electron chi connectivity index (χ2n) is 5.99. The van der Waals surface area contributed by atoms with Crippen molar-refractivity contribution in [3.63, 3.8) is 0 Å². The number of methoxy groups -OCH3 is 1. The van der Waals surface area contributed by atoms with Crippen LogP contribution in [0.5, 0.6) is 0 Å². The molecule has 1 amide bonds. The van der Waals surface area contributed by atoms with Gasteiger partial charge in [-0.05, 0) is 50.8 Å². The summed E-state index contributed by atoms with van der Waals surface area (Å²) in [5.74, 6) is -0.583. The van der Waals surface area contributed by atoms with Gasteiger partial charge in [-0.1, -0.05) is 0 Å². The number of nitro benzene ring substituents is 1. The Kier molecular flexibility index (Phi) is 9.00. The van der Waals surface area contributed by atoms with E-state index in [9.17, 15) is 19.7 Å². The first kappa shape index (κ1) is 21.3. The highest BCUT2D eigenvalue weighted by Gasteiger charge is 2.13. The molecule has 8 heteroatoms. The van der Waals surface area contributed by atoms with Crippen LogP contribution in [0.25, 0.3) is 6.08 Å². The van der Waals surface area contributed by atoms with E-state index in [1.54, 1.807) is 23.1 Å². The van der Waals surface area contributed by atoms with E-state index in [2.05, 4.69) is 4.74 Å². The second-order valence-corrected chi connectivity index (χ2v) is 5.99. The maximum absolute atomic E-state index is 12.4. The molecule has 1 aromatic rings. The summed E-state index contributed by atoms with van der Waals surface area (Å²) in [6, 6.07) is 5.92. The van der Waals surface area contributed by atoms with Crippen LogP contribution in [0.15, 0.2) is 30.3 Å². The van der Waals surface area contributed by atoms with Gasteiger partial charge in [0.05, 0.1) is 18.5 Å². The Bertz CT molecular complexity index is 641. The van der Waals surface area contributed by atoms with E-state index < -0.39 is 4.92 Å². The molecule has 0 aliphatic rings. The molecule has 0 aliphatic heterocycles. The minimum atomic E-state index is -0.474. The van der Waals surface area contributed by atoms with Crippen LogP contribution in [0.2, 0.25) is 0 Å². The Morgan fingerprint density at radius 1 is 1.15 bits per heavy atom. The number of carbonyl (C=O) groups is 2. The summed E-state index contributed by atoms with van der Waals surface area (Å²) < 4.78 is 4.62. The maximum atomic E-state index is 12.4. The molecule has 0 N–H and O–H groups in total. The van der Waals surface area contributed by atoms with Gasteiger partial charge in [-0.3, -0.25) is 19.7 Å². The summed E-state index contributed by atoms with van der Waals surface area (Å²) >= 11 is 0. The summed E-state index contributed by atoms with van der Waals surface area (Å²) in [6.45, 7) is 1.64. The Balaban J connectivity index is 2.71. The minimum Gasteiger partial charge on any atom is -0.469 e. The summed E-state index contributed by atoms with van der Waals surface area (Å²) in [7, 11) is 5.22. The fraction of sp³-hybridized carbons (Fsp3) is 0.444. The van der Waals surface area contributed by atoms with Crippen LogP contribution in [0.4, 0.5) is 5.69 Å². The largest absolute Gasteiger partial charge is 0.469 e. The third kappa shape index (κ3) is 7.89. The van der Waals surface area contributed by atoms with Gasteiger partial charge >= 0.3 is 5.97 Å². The number of rotatable bonds is 10. The van der Waals surface area contributed by atoms with Gasteiger partial charge in [-0.15, -0.1) is 0 Å². The number of benzene rings is 1. The topological polar surface area (TPSA) is 93.0 Å². The summed E-state index contributed by atoms with van der Waals surface area (Å²) in [4.78, 5) is 37.6. The van der Waals surface area contributed by atoms with Crippen molar-refractivity contribution in [2.24, 2.45) is 0 Å². The van der Waals surface area contributed by atoms with Gasteiger partial charge in [0.2, 0.25) is 5.91 Å². The normalized spacial score (nSPS) is 10.9. The molecule has 0 saturated carbocycles. The molecule has 142 valence electrons. The Labute approximate surface area is 153 Å².